The Morgan fingerprint density at radius 3 is 2.76 bits per heavy atom. The minimum Gasteiger partial charge on any atom is -0.330 e. The molecule has 1 heterocycles. The highest BCUT2D eigenvalue weighted by Crippen LogP contribution is 2.39. The molecule has 4 heteroatoms. The van der Waals surface area contributed by atoms with Gasteiger partial charge in [0.25, 0.3) is 0 Å². The van der Waals surface area contributed by atoms with Crippen LogP contribution >= 0.6 is 15.9 Å². The van der Waals surface area contributed by atoms with Crippen LogP contribution in [0.1, 0.15) is 20.3 Å². The van der Waals surface area contributed by atoms with Crippen molar-refractivity contribution in [2.45, 2.75) is 25.8 Å². The second-order valence-corrected chi connectivity index (χ2v) is 5.92. The predicted molar refractivity (Wildman–Crippen MR) is 72.9 cm³/mol. The highest BCUT2D eigenvalue weighted by Gasteiger charge is 2.46. The van der Waals surface area contributed by atoms with Gasteiger partial charge in [-0.05, 0) is 38.6 Å². The van der Waals surface area contributed by atoms with E-state index in [9.17, 15) is 4.79 Å². The van der Waals surface area contributed by atoms with Crippen molar-refractivity contribution in [1.29, 1.82) is 0 Å². The van der Waals surface area contributed by atoms with E-state index in [2.05, 4.69) is 29.8 Å². The molecule has 2 N–H and O–H groups in total. The molecule has 1 aromatic carbocycles. The summed E-state index contributed by atoms with van der Waals surface area (Å²) in [6.07, 6.45) is 0.538. The van der Waals surface area contributed by atoms with Crippen molar-refractivity contribution in [3.63, 3.8) is 0 Å². The number of carbonyl (C=O) groups is 1. The third-order valence-electron chi connectivity index (χ3n) is 3.60. The van der Waals surface area contributed by atoms with Gasteiger partial charge in [0, 0.05) is 28.0 Å². The molecule has 1 aromatic rings. The summed E-state index contributed by atoms with van der Waals surface area (Å²) in [5.41, 5.74) is 6.47. The fourth-order valence-corrected chi connectivity index (χ4v) is 2.91. The summed E-state index contributed by atoms with van der Waals surface area (Å²) in [5, 5.41) is 0. The molecule has 0 spiro atoms. The molecule has 3 nitrogen and oxygen atoms in total. The number of hydrogen-bond acceptors (Lipinski definition) is 2. The molecular formula is C13H17BrN2O. The Morgan fingerprint density at radius 2 is 2.24 bits per heavy atom. The largest absolute Gasteiger partial charge is 0.330 e. The van der Waals surface area contributed by atoms with Gasteiger partial charge in [-0.3, -0.25) is 4.79 Å². The van der Waals surface area contributed by atoms with Crippen LogP contribution in [0.4, 0.5) is 5.69 Å². The molecule has 17 heavy (non-hydrogen) atoms. The molecule has 1 unspecified atom stereocenters. The van der Waals surface area contributed by atoms with Gasteiger partial charge in [-0.1, -0.05) is 22.0 Å². The van der Waals surface area contributed by atoms with Gasteiger partial charge in [-0.2, -0.15) is 0 Å². The van der Waals surface area contributed by atoms with Crippen molar-refractivity contribution in [2.24, 2.45) is 11.7 Å². The number of carbonyl (C=O) groups excluding carboxylic acids is 1. The quantitative estimate of drug-likeness (QED) is 0.912. The zero-order chi connectivity index (χ0) is 12.6. The molecule has 1 atom stereocenters. The van der Waals surface area contributed by atoms with E-state index in [1.54, 1.807) is 0 Å². The molecule has 0 aromatic heterocycles. The zero-order valence-electron chi connectivity index (χ0n) is 10.1. The van der Waals surface area contributed by atoms with E-state index in [1.165, 1.54) is 0 Å². The third kappa shape index (κ3) is 2.11. The lowest BCUT2D eigenvalue weighted by Crippen LogP contribution is -2.46. The van der Waals surface area contributed by atoms with E-state index in [4.69, 9.17) is 5.73 Å². The summed E-state index contributed by atoms with van der Waals surface area (Å²) < 4.78 is 0.981. The number of amides is 1. The van der Waals surface area contributed by atoms with E-state index in [0.717, 1.165) is 10.2 Å². The normalized spacial score (nSPS) is 23.2. The van der Waals surface area contributed by atoms with Crippen molar-refractivity contribution in [3.05, 3.63) is 28.7 Å². The Morgan fingerprint density at radius 1 is 1.53 bits per heavy atom. The molecule has 1 saturated heterocycles. The molecule has 0 radical (unpaired) electrons. The van der Waals surface area contributed by atoms with Gasteiger partial charge in [0.15, 0.2) is 0 Å². The Kier molecular flexibility index (Phi) is 3.27. The molecule has 0 aliphatic carbocycles. The molecule has 0 bridgehead atoms. The van der Waals surface area contributed by atoms with Crippen LogP contribution in [0.15, 0.2) is 28.7 Å². The van der Waals surface area contributed by atoms with Crippen LogP contribution in [0, 0.1) is 5.92 Å². The first-order valence-corrected chi connectivity index (χ1v) is 6.55. The summed E-state index contributed by atoms with van der Waals surface area (Å²) >= 11 is 3.44. The first kappa shape index (κ1) is 12.6. The van der Waals surface area contributed by atoms with Crippen molar-refractivity contribution in [3.8, 4) is 0 Å². The maximum atomic E-state index is 12.1. The number of hydrogen-bond donors (Lipinski definition) is 1. The van der Waals surface area contributed by atoms with Crippen LogP contribution in [-0.2, 0) is 4.79 Å². The first-order chi connectivity index (χ1) is 7.96. The van der Waals surface area contributed by atoms with E-state index in [1.807, 2.05) is 29.2 Å². The fraction of sp³-hybridized carbons (Fsp3) is 0.462. The Hall–Kier alpha value is -0.870. The lowest BCUT2D eigenvalue weighted by molar-refractivity contribution is -0.117. The van der Waals surface area contributed by atoms with Crippen molar-refractivity contribution in [1.82, 2.24) is 0 Å². The van der Waals surface area contributed by atoms with Crippen LogP contribution in [0.3, 0.4) is 0 Å². The van der Waals surface area contributed by atoms with Crippen LogP contribution in [0.25, 0.3) is 0 Å². The minimum atomic E-state index is -0.216. The number of benzene rings is 1. The minimum absolute atomic E-state index is 0.156. The standard InChI is InChI=1S/C13H17BrN2O/c1-13(2)9(8-15)6-12(17)16(13)11-5-3-4-10(14)7-11/h3-5,7,9H,6,8,15H2,1-2H3. The Bertz CT molecular complexity index is 445. The summed E-state index contributed by atoms with van der Waals surface area (Å²) in [6.45, 7) is 4.70. The number of rotatable bonds is 2. The van der Waals surface area contributed by atoms with Gasteiger partial charge >= 0.3 is 0 Å². The van der Waals surface area contributed by atoms with Gasteiger partial charge in [0.05, 0.1) is 0 Å². The molecule has 0 saturated carbocycles. The van der Waals surface area contributed by atoms with Crippen molar-refractivity contribution >= 4 is 27.5 Å². The summed E-state index contributed by atoms with van der Waals surface area (Å²) in [5.74, 6) is 0.373. The highest BCUT2D eigenvalue weighted by molar-refractivity contribution is 9.10. The number of anilines is 1. The monoisotopic (exact) mass is 296 g/mol. The van der Waals surface area contributed by atoms with Crippen LogP contribution in [-0.4, -0.2) is 18.0 Å². The lowest BCUT2D eigenvalue weighted by atomic mass is 9.88. The smallest absolute Gasteiger partial charge is 0.227 e. The second-order valence-electron chi connectivity index (χ2n) is 5.00. The van der Waals surface area contributed by atoms with E-state index in [0.29, 0.717) is 13.0 Å². The van der Waals surface area contributed by atoms with Gasteiger partial charge in [0.2, 0.25) is 5.91 Å². The molecule has 2 rings (SSSR count). The average molecular weight is 297 g/mol. The number of halogens is 1. The van der Waals surface area contributed by atoms with Gasteiger partial charge in [-0.25, -0.2) is 0 Å². The molecule has 1 aliphatic rings. The van der Waals surface area contributed by atoms with Gasteiger partial charge in [0.1, 0.15) is 0 Å². The lowest BCUT2D eigenvalue weighted by Gasteiger charge is -2.35. The van der Waals surface area contributed by atoms with Crippen molar-refractivity contribution in [2.75, 3.05) is 11.4 Å². The van der Waals surface area contributed by atoms with Crippen LogP contribution in [0.5, 0.6) is 0 Å². The summed E-state index contributed by atoms with van der Waals surface area (Å²) in [7, 11) is 0. The summed E-state index contributed by atoms with van der Waals surface area (Å²) in [4.78, 5) is 14.0. The zero-order valence-corrected chi connectivity index (χ0v) is 11.7. The molecule has 1 fully saturated rings. The van der Waals surface area contributed by atoms with Crippen molar-refractivity contribution < 1.29 is 4.79 Å². The average Bonchev–Trinajstić information content (AvgIpc) is 2.48. The maximum absolute atomic E-state index is 12.1. The van der Waals surface area contributed by atoms with E-state index >= 15 is 0 Å². The summed E-state index contributed by atoms with van der Waals surface area (Å²) in [6, 6.07) is 7.83. The molecular weight excluding hydrogens is 280 g/mol. The van der Waals surface area contributed by atoms with Crippen LogP contribution in [0.2, 0.25) is 0 Å². The van der Waals surface area contributed by atoms with Crippen LogP contribution < -0.4 is 10.6 Å². The fourth-order valence-electron chi connectivity index (χ4n) is 2.52. The third-order valence-corrected chi connectivity index (χ3v) is 4.09. The van der Waals surface area contributed by atoms with Gasteiger partial charge < -0.3 is 10.6 Å². The molecule has 92 valence electrons. The van der Waals surface area contributed by atoms with E-state index in [-0.39, 0.29) is 17.4 Å². The second kappa shape index (κ2) is 4.42. The highest BCUT2D eigenvalue weighted by atomic mass is 79.9. The van der Waals surface area contributed by atoms with E-state index < -0.39 is 0 Å². The topological polar surface area (TPSA) is 46.3 Å². The SMILES string of the molecule is CC1(C)C(CN)CC(=O)N1c1cccc(Br)c1. The molecule has 1 amide bonds. The Labute approximate surface area is 110 Å². The van der Waals surface area contributed by atoms with Gasteiger partial charge in [-0.15, -0.1) is 0 Å². The number of nitrogens with two attached hydrogens (primary N) is 1. The molecule has 1 aliphatic heterocycles. The Balaban J connectivity index is 2.41. The first-order valence-electron chi connectivity index (χ1n) is 5.75. The predicted octanol–water partition coefficient (Wildman–Crippen LogP) is 2.54. The number of nitrogens with zero attached hydrogens (tertiary/aromatic N) is 1. The maximum Gasteiger partial charge on any atom is 0.227 e.